The van der Waals surface area contributed by atoms with Crippen LogP contribution in [0.1, 0.15) is 45.5 Å². The molecule has 7 nitrogen and oxygen atoms in total. The molecule has 1 amide bonds. The van der Waals surface area contributed by atoms with Gasteiger partial charge in [0.2, 0.25) is 5.91 Å². The van der Waals surface area contributed by atoms with E-state index >= 15 is 0 Å². The van der Waals surface area contributed by atoms with Crippen LogP contribution < -0.4 is 10.9 Å². The second-order valence-electron chi connectivity index (χ2n) is 5.77. The van der Waals surface area contributed by atoms with Gasteiger partial charge in [-0.3, -0.25) is 14.0 Å². The number of furan rings is 1. The van der Waals surface area contributed by atoms with Crippen LogP contribution in [0.25, 0.3) is 16.6 Å². The summed E-state index contributed by atoms with van der Waals surface area (Å²) in [6, 6.07) is 2.92. The van der Waals surface area contributed by atoms with Crippen molar-refractivity contribution in [2.45, 2.75) is 46.1 Å². The molecule has 24 heavy (non-hydrogen) atoms. The van der Waals surface area contributed by atoms with Gasteiger partial charge in [-0.2, -0.15) is 5.10 Å². The average molecular weight is 330 g/mol. The standard InChI is InChI=1S/C17H22N4O3/c1-4-8-18-16(22)11(5-2)21-17(23)13-10-14-12(7-9-24-14)20(13)15(6-3)19-21/h7,9-11H,4-6,8H2,1-3H3,(H,18,22). The highest BCUT2D eigenvalue weighted by Gasteiger charge is 2.24. The van der Waals surface area contributed by atoms with Gasteiger partial charge in [0.25, 0.3) is 5.56 Å². The topological polar surface area (TPSA) is 81.5 Å². The molecule has 0 saturated carbocycles. The Labute approximate surface area is 139 Å². The first-order valence-electron chi connectivity index (χ1n) is 8.40. The van der Waals surface area contributed by atoms with E-state index in [0.29, 0.717) is 30.5 Å². The molecule has 3 rings (SSSR count). The minimum Gasteiger partial charge on any atom is -0.463 e. The lowest BCUT2D eigenvalue weighted by molar-refractivity contribution is -0.124. The maximum atomic E-state index is 12.9. The molecule has 7 heteroatoms. The van der Waals surface area contributed by atoms with Crippen LogP contribution in [0.15, 0.2) is 27.6 Å². The highest BCUT2D eigenvalue weighted by molar-refractivity contribution is 5.83. The molecule has 1 atom stereocenters. The molecule has 128 valence electrons. The zero-order valence-corrected chi connectivity index (χ0v) is 14.2. The first-order valence-corrected chi connectivity index (χ1v) is 8.40. The van der Waals surface area contributed by atoms with Gasteiger partial charge in [0, 0.05) is 25.1 Å². The Bertz CT molecular complexity index is 935. The van der Waals surface area contributed by atoms with Crippen LogP contribution in [0.4, 0.5) is 0 Å². The van der Waals surface area contributed by atoms with Crippen molar-refractivity contribution in [2.24, 2.45) is 0 Å². The highest BCUT2D eigenvalue weighted by Crippen LogP contribution is 2.21. The van der Waals surface area contributed by atoms with Crippen LogP contribution in [0, 0.1) is 0 Å². The monoisotopic (exact) mass is 330 g/mol. The number of amides is 1. The number of nitrogens with one attached hydrogen (secondary N) is 1. The van der Waals surface area contributed by atoms with E-state index in [1.54, 1.807) is 12.3 Å². The van der Waals surface area contributed by atoms with Gasteiger partial charge >= 0.3 is 0 Å². The van der Waals surface area contributed by atoms with E-state index in [2.05, 4.69) is 10.4 Å². The first kappa shape index (κ1) is 16.3. The smallest absolute Gasteiger partial charge is 0.291 e. The Morgan fingerprint density at radius 3 is 2.79 bits per heavy atom. The van der Waals surface area contributed by atoms with Gasteiger partial charge < -0.3 is 9.73 Å². The van der Waals surface area contributed by atoms with Crippen molar-refractivity contribution >= 4 is 22.5 Å². The van der Waals surface area contributed by atoms with Crippen molar-refractivity contribution < 1.29 is 9.21 Å². The summed E-state index contributed by atoms with van der Waals surface area (Å²) in [4.78, 5) is 25.3. The lowest BCUT2D eigenvalue weighted by atomic mass is 10.2. The molecule has 3 heterocycles. The van der Waals surface area contributed by atoms with Crippen molar-refractivity contribution in [1.29, 1.82) is 0 Å². The van der Waals surface area contributed by atoms with Crippen molar-refractivity contribution in [3.8, 4) is 0 Å². The third kappa shape index (κ3) is 2.50. The summed E-state index contributed by atoms with van der Waals surface area (Å²) in [5.74, 6) is 0.554. The number of rotatable bonds is 6. The number of carbonyl (C=O) groups is 1. The normalized spacial score (nSPS) is 12.8. The third-order valence-electron chi connectivity index (χ3n) is 4.18. The number of nitrogens with zero attached hydrogens (tertiary/aromatic N) is 3. The van der Waals surface area contributed by atoms with Gasteiger partial charge in [-0.1, -0.05) is 20.8 Å². The van der Waals surface area contributed by atoms with Crippen LogP contribution >= 0.6 is 0 Å². The van der Waals surface area contributed by atoms with Gasteiger partial charge in [0.05, 0.1) is 11.8 Å². The van der Waals surface area contributed by atoms with Crippen LogP contribution in [0.2, 0.25) is 0 Å². The molecule has 0 fully saturated rings. The summed E-state index contributed by atoms with van der Waals surface area (Å²) in [5.41, 5.74) is 1.67. The number of hydrogen-bond acceptors (Lipinski definition) is 4. The lowest BCUT2D eigenvalue weighted by Gasteiger charge is -2.18. The summed E-state index contributed by atoms with van der Waals surface area (Å²) >= 11 is 0. The summed E-state index contributed by atoms with van der Waals surface area (Å²) in [5, 5.41) is 7.34. The Kier molecular flexibility index (Phi) is 4.42. The Balaban J connectivity index is 2.19. The van der Waals surface area contributed by atoms with Crippen molar-refractivity contribution in [3.05, 3.63) is 34.6 Å². The second-order valence-corrected chi connectivity index (χ2v) is 5.77. The second kappa shape index (κ2) is 6.51. The fourth-order valence-electron chi connectivity index (χ4n) is 2.97. The van der Waals surface area contributed by atoms with Crippen LogP contribution in [-0.2, 0) is 11.2 Å². The molecule has 3 aromatic heterocycles. The molecule has 0 aliphatic rings. The zero-order valence-electron chi connectivity index (χ0n) is 14.2. The van der Waals surface area contributed by atoms with Crippen LogP contribution in [0.5, 0.6) is 0 Å². The van der Waals surface area contributed by atoms with Crippen LogP contribution in [0.3, 0.4) is 0 Å². The molecule has 3 aromatic rings. The molecule has 0 bridgehead atoms. The minimum absolute atomic E-state index is 0.171. The summed E-state index contributed by atoms with van der Waals surface area (Å²) in [6.07, 6.45) is 3.57. The van der Waals surface area contributed by atoms with Crippen molar-refractivity contribution in [1.82, 2.24) is 19.5 Å². The van der Waals surface area contributed by atoms with Crippen molar-refractivity contribution in [3.63, 3.8) is 0 Å². The van der Waals surface area contributed by atoms with Gasteiger partial charge in [0.1, 0.15) is 17.4 Å². The quantitative estimate of drug-likeness (QED) is 0.752. The predicted octanol–water partition coefficient (Wildman–Crippen LogP) is 2.28. The number of fused-ring (bicyclic) bond motifs is 3. The van der Waals surface area contributed by atoms with E-state index in [0.717, 1.165) is 17.8 Å². The number of carbonyl (C=O) groups excluding carboxylic acids is 1. The fourth-order valence-corrected chi connectivity index (χ4v) is 2.97. The van der Waals surface area contributed by atoms with E-state index < -0.39 is 6.04 Å². The summed E-state index contributed by atoms with van der Waals surface area (Å²) < 4.78 is 8.54. The SMILES string of the molecule is CCCNC(=O)C(CC)n1nc(CC)n2c(cc3occc32)c1=O. The number of aromatic nitrogens is 3. The molecule has 0 spiro atoms. The first-order chi connectivity index (χ1) is 11.6. The Hall–Kier alpha value is -2.57. The summed E-state index contributed by atoms with van der Waals surface area (Å²) in [6.45, 7) is 6.43. The van der Waals surface area contributed by atoms with Crippen LogP contribution in [-0.4, -0.2) is 26.6 Å². The van der Waals surface area contributed by atoms with E-state index in [1.807, 2.05) is 31.2 Å². The van der Waals surface area contributed by atoms with E-state index in [-0.39, 0.29) is 11.5 Å². The number of aryl methyl sites for hydroxylation is 1. The molecule has 0 aliphatic heterocycles. The molecule has 0 aromatic carbocycles. The molecule has 1 unspecified atom stereocenters. The van der Waals surface area contributed by atoms with Gasteiger partial charge in [-0.25, -0.2) is 4.68 Å². The molecule has 1 N–H and O–H groups in total. The van der Waals surface area contributed by atoms with Gasteiger partial charge in [0.15, 0.2) is 5.58 Å². The molecule has 0 aliphatic carbocycles. The molecular weight excluding hydrogens is 308 g/mol. The van der Waals surface area contributed by atoms with E-state index in [9.17, 15) is 9.59 Å². The third-order valence-corrected chi connectivity index (χ3v) is 4.18. The zero-order chi connectivity index (χ0) is 17.3. The van der Waals surface area contributed by atoms with E-state index in [4.69, 9.17) is 4.42 Å². The largest absolute Gasteiger partial charge is 0.463 e. The number of hydrogen-bond donors (Lipinski definition) is 1. The van der Waals surface area contributed by atoms with Gasteiger partial charge in [-0.15, -0.1) is 0 Å². The van der Waals surface area contributed by atoms with E-state index in [1.165, 1.54) is 4.68 Å². The van der Waals surface area contributed by atoms with Crippen molar-refractivity contribution in [2.75, 3.05) is 6.54 Å². The molecule has 0 radical (unpaired) electrons. The average Bonchev–Trinajstić information content (AvgIpc) is 3.17. The lowest BCUT2D eigenvalue weighted by Crippen LogP contribution is -2.39. The maximum absolute atomic E-state index is 12.9. The van der Waals surface area contributed by atoms with Gasteiger partial charge in [-0.05, 0) is 12.8 Å². The minimum atomic E-state index is -0.611. The highest BCUT2D eigenvalue weighted by atomic mass is 16.3. The predicted molar refractivity (Wildman–Crippen MR) is 91.2 cm³/mol. The Morgan fingerprint density at radius 2 is 2.12 bits per heavy atom. The molecule has 0 saturated heterocycles. The maximum Gasteiger partial charge on any atom is 0.291 e. The fraction of sp³-hybridized carbons (Fsp3) is 0.471. The molecular formula is C17H22N4O3. The Morgan fingerprint density at radius 1 is 1.33 bits per heavy atom. The summed E-state index contributed by atoms with van der Waals surface area (Å²) in [7, 11) is 0.